The Morgan fingerprint density at radius 3 is 2.15 bits per heavy atom. The minimum atomic E-state index is -5.17. The van der Waals surface area contributed by atoms with Gasteiger partial charge >= 0.3 is 25.1 Å². The predicted molar refractivity (Wildman–Crippen MR) is 100 cm³/mol. The van der Waals surface area contributed by atoms with Crippen LogP contribution < -0.4 is 14.2 Å². The number of hydrogen-bond acceptors (Lipinski definition) is 6. The fourth-order valence-electron chi connectivity index (χ4n) is 2.51. The molecule has 0 aliphatic carbocycles. The number of benzene rings is 1. The number of H-pyrrole nitrogens is 1. The van der Waals surface area contributed by atoms with Crippen molar-refractivity contribution in [3.63, 3.8) is 0 Å². The van der Waals surface area contributed by atoms with Gasteiger partial charge in [0.25, 0.3) is 0 Å². The van der Waals surface area contributed by atoms with E-state index in [1.807, 2.05) is 0 Å². The first-order valence-corrected chi connectivity index (χ1v) is 10.3. The second-order valence-corrected chi connectivity index (χ2v) is 7.83. The number of nitrogens with zero attached hydrogens (tertiary/aromatic N) is 2. The third kappa shape index (κ3) is 5.66. The molecule has 0 fully saturated rings. The third-order valence-electron chi connectivity index (χ3n) is 4.04. The average Bonchev–Trinajstić information content (AvgIpc) is 3.16. The molecule has 0 radical (unpaired) electrons. The molecule has 0 spiro atoms. The number of pyridine rings is 1. The maximum atomic E-state index is 13.4. The number of methoxy groups -OCH3 is 1. The summed E-state index contributed by atoms with van der Waals surface area (Å²) in [5.41, 5.74) is -0.302. The Balaban J connectivity index is 1.99. The van der Waals surface area contributed by atoms with Crippen LogP contribution in [-0.2, 0) is 16.6 Å². The summed E-state index contributed by atoms with van der Waals surface area (Å²) in [7, 11) is -0.553. The Morgan fingerprint density at radius 2 is 1.59 bits per heavy atom. The summed E-state index contributed by atoms with van der Waals surface area (Å²) in [4.78, 5) is 10.3. The molecule has 0 bridgehead atoms. The molecule has 3 aromatic rings. The minimum absolute atomic E-state index is 0.212. The van der Waals surface area contributed by atoms with Crippen molar-refractivity contribution in [2.24, 2.45) is 0 Å². The molecule has 16 heteroatoms. The molecule has 7 nitrogen and oxygen atoms in total. The number of alkyl halides is 8. The molecule has 1 atom stereocenters. The van der Waals surface area contributed by atoms with Crippen LogP contribution >= 0.6 is 0 Å². The summed E-state index contributed by atoms with van der Waals surface area (Å²) in [6.45, 7) is 0. The molecular weight excluding hydrogens is 506 g/mol. The fourth-order valence-corrected chi connectivity index (χ4v) is 3.50. The Labute approximate surface area is 187 Å². The van der Waals surface area contributed by atoms with E-state index >= 15 is 0 Å². The number of halogens is 8. The number of ether oxygens (including phenoxy) is 3. The van der Waals surface area contributed by atoms with Crippen LogP contribution in [-0.4, -0.2) is 51.3 Å². The van der Waals surface area contributed by atoms with Crippen LogP contribution in [0.15, 0.2) is 35.6 Å². The number of imidazole rings is 1. The summed E-state index contributed by atoms with van der Waals surface area (Å²) >= 11 is 0. The monoisotopic (exact) mass is 519 g/mol. The number of hydrogen-bond donors (Lipinski definition) is 1. The van der Waals surface area contributed by atoms with Crippen molar-refractivity contribution in [2.75, 3.05) is 7.11 Å². The molecular formula is C18H13F8N3O4S. The van der Waals surface area contributed by atoms with Crippen LogP contribution in [0.4, 0.5) is 35.1 Å². The van der Waals surface area contributed by atoms with Gasteiger partial charge in [-0.3, -0.25) is 9.19 Å². The van der Waals surface area contributed by atoms with Crippen molar-refractivity contribution >= 4 is 21.8 Å². The highest BCUT2D eigenvalue weighted by Gasteiger charge is 2.47. The van der Waals surface area contributed by atoms with Gasteiger partial charge in [-0.1, -0.05) is 0 Å². The molecule has 2 aromatic heterocycles. The quantitative estimate of drug-likeness (QED) is 0.390. The van der Waals surface area contributed by atoms with E-state index in [9.17, 15) is 39.3 Å². The van der Waals surface area contributed by atoms with E-state index in [4.69, 9.17) is 4.74 Å². The molecule has 0 saturated carbocycles. The van der Waals surface area contributed by atoms with Crippen LogP contribution in [0.2, 0.25) is 0 Å². The lowest BCUT2D eigenvalue weighted by Gasteiger charge is -2.22. The summed E-state index contributed by atoms with van der Waals surface area (Å²) in [6, 6.07) is 3.97. The lowest BCUT2D eigenvalue weighted by atomic mass is 10.2. The second-order valence-electron chi connectivity index (χ2n) is 6.46. The van der Waals surface area contributed by atoms with Crippen LogP contribution in [0, 0.1) is 0 Å². The number of rotatable bonds is 10. The van der Waals surface area contributed by atoms with Crippen LogP contribution in [0.5, 0.6) is 17.2 Å². The molecule has 2 heterocycles. The van der Waals surface area contributed by atoms with Gasteiger partial charge in [-0.05, 0) is 6.07 Å². The van der Waals surface area contributed by atoms with Crippen molar-refractivity contribution in [3.05, 3.63) is 36.2 Å². The van der Waals surface area contributed by atoms with E-state index in [1.165, 1.54) is 25.4 Å². The van der Waals surface area contributed by atoms with Gasteiger partial charge < -0.3 is 19.2 Å². The summed E-state index contributed by atoms with van der Waals surface area (Å²) < 4.78 is 129. The molecule has 34 heavy (non-hydrogen) atoms. The van der Waals surface area contributed by atoms with Crippen molar-refractivity contribution in [1.29, 1.82) is 0 Å². The Morgan fingerprint density at radius 1 is 1.00 bits per heavy atom. The first-order chi connectivity index (χ1) is 15.8. The summed E-state index contributed by atoms with van der Waals surface area (Å²) in [5, 5.41) is -0.288. The highest BCUT2D eigenvalue weighted by Crippen LogP contribution is 2.40. The normalized spacial score (nSPS) is 13.5. The number of fused-ring (bicyclic) bond motifs is 1. The van der Waals surface area contributed by atoms with Gasteiger partial charge in [0.1, 0.15) is 5.75 Å². The zero-order valence-corrected chi connectivity index (χ0v) is 17.5. The van der Waals surface area contributed by atoms with E-state index in [0.717, 1.165) is 0 Å². The van der Waals surface area contributed by atoms with Gasteiger partial charge in [-0.15, -0.1) is 0 Å². The van der Waals surface area contributed by atoms with Crippen molar-refractivity contribution in [1.82, 2.24) is 15.0 Å². The highest BCUT2D eigenvalue weighted by molar-refractivity contribution is 7.84. The standard InChI is InChI=1S/C18H13F8N3O4S/c1-31-9-2-3-27-8(4-9)7-34(30)16-28-10-5-12(32-17(23,24)14(19)20)13(6-11(10)29-16)33-18(25,26)15(21)22/h2-6,14-15H,7H2,1H3,(H,28,29). The molecule has 3 rings (SSSR count). The summed E-state index contributed by atoms with van der Waals surface area (Å²) in [6.07, 6.45) is -17.7. The fraction of sp³-hybridized carbons (Fsp3) is 0.333. The topological polar surface area (TPSA) is 86.3 Å². The SMILES string of the molecule is COc1ccnc(CS(=O)c2nc3cc(OC(F)(F)C(F)F)c(OC(F)(F)C(F)F)cc3[nH]2)c1. The lowest BCUT2D eigenvalue weighted by molar-refractivity contribution is -0.264. The maximum Gasteiger partial charge on any atom is 0.461 e. The molecule has 0 saturated heterocycles. The molecule has 1 aromatic carbocycles. The van der Waals surface area contributed by atoms with E-state index < -0.39 is 47.4 Å². The van der Waals surface area contributed by atoms with Gasteiger partial charge in [0.05, 0.1) is 40.4 Å². The molecule has 0 aliphatic rings. The van der Waals surface area contributed by atoms with Crippen molar-refractivity contribution in [3.8, 4) is 17.2 Å². The Bertz CT molecular complexity index is 1130. The Hall–Kier alpha value is -3.17. The van der Waals surface area contributed by atoms with Crippen molar-refractivity contribution < 1.29 is 53.5 Å². The van der Waals surface area contributed by atoms with E-state index in [1.54, 1.807) is 0 Å². The van der Waals surface area contributed by atoms with Gasteiger partial charge in [0.2, 0.25) is 0 Å². The van der Waals surface area contributed by atoms with E-state index in [0.29, 0.717) is 23.6 Å². The molecule has 0 aliphatic heterocycles. The van der Waals surface area contributed by atoms with Crippen molar-refractivity contribution in [2.45, 2.75) is 36.0 Å². The highest BCUT2D eigenvalue weighted by atomic mass is 32.2. The van der Waals surface area contributed by atoms with Gasteiger partial charge in [0.15, 0.2) is 16.7 Å². The second kappa shape index (κ2) is 9.60. The summed E-state index contributed by atoms with van der Waals surface area (Å²) in [5.74, 6) is -2.63. The molecule has 1 N–H and O–H groups in total. The third-order valence-corrected chi connectivity index (χ3v) is 5.23. The maximum absolute atomic E-state index is 13.4. The molecule has 186 valence electrons. The van der Waals surface area contributed by atoms with Gasteiger partial charge in [-0.2, -0.15) is 35.1 Å². The number of aromatic nitrogens is 3. The first kappa shape index (κ1) is 25.5. The molecule has 1 unspecified atom stereocenters. The predicted octanol–water partition coefficient (Wildman–Crippen LogP) is 4.75. The zero-order chi connectivity index (χ0) is 25.3. The van der Waals surface area contributed by atoms with Gasteiger partial charge in [0, 0.05) is 24.4 Å². The smallest absolute Gasteiger partial charge is 0.461 e. The van der Waals surface area contributed by atoms with E-state index in [2.05, 4.69) is 24.4 Å². The number of nitrogens with one attached hydrogen (secondary N) is 1. The largest absolute Gasteiger partial charge is 0.497 e. The lowest BCUT2D eigenvalue weighted by Crippen LogP contribution is -2.35. The van der Waals surface area contributed by atoms with Crippen LogP contribution in [0.25, 0.3) is 11.0 Å². The zero-order valence-electron chi connectivity index (χ0n) is 16.7. The first-order valence-electron chi connectivity index (χ1n) is 8.93. The Kier molecular flexibility index (Phi) is 7.18. The number of aromatic amines is 1. The average molecular weight is 519 g/mol. The van der Waals surface area contributed by atoms with Crippen LogP contribution in [0.1, 0.15) is 5.69 Å². The van der Waals surface area contributed by atoms with Gasteiger partial charge in [-0.25, -0.2) is 4.98 Å². The van der Waals surface area contributed by atoms with Crippen LogP contribution in [0.3, 0.4) is 0 Å². The van der Waals surface area contributed by atoms with E-state index in [-0.39, 0.29) is 21.9 Å². The minimum Gasteiger partial charge on any atom is -0.497 e. The molecule has 0 amide bonds.